The Hall–Kier alpha value is -3.02. The number of para-hydroxylation sites is 1. The molecule has 0 radical (unpaired) electrons. The number of likely N-dealkylation sites (N-methyl/N-ethyl adjacent to an activating group) is 1. The zero-order valence-corrected chi connectivity index (χ0v) is 12.0. The molecular weight excluding hydrogens is 284 g/mol. The van der Waals surface area contributed by atoms with Crippen molar-refractivity contribution in [2.45, 2.75) is 0 Å². The maximum Gasteiger partial charge on any atom is 0.340 e. The van der Waals surface area contributed by atoms with E-state index in [1.165, 1.54) is 23.1 Å². The second kappa shape index (κ2) is 6.62. The van der Waals surface area contributed by atoms with E-state index in [0.717, 1.165) is 0 Å². The van der Waals surface area contributed by atoms with Crippen molar-refractivity contribution in [1.29, 1.82) is 0 Å². The van der Waals surface area contributed by atoms with Crippen LogP contribution in [0.3, 0.4) is 0 Å². The second-order valence-corrected chi connectivity index (χ2v) is 4.64. The molecule has 0 aliphatic heterocycles. The Bertz CT molecular complexity index is 686. The van der Waals surface area contributed by atoms with E-state index in [-0.39, 0.29) is 22.9 Å². The minimum absolute atomic E-state index is 0.0233. The number of nitrogens with two attached hydrogens (primary N) is 1. The van der Waals surface area contributed by atoms with Gasteiger partial charge in [-0.3, -0.25) is 4.79 Å². The number of nitrogen functional groups attached to an aromatic ring is 1. The Morgan fingerprint density at radius 2 is 1.86 bits per heavy atom. The zero-order chi connectivity index (χ0) is 16.1. The van der Waals surface area contributed by atoms with E-state index in [2.05, 4.69) is 0 Å². The topological polar surface area (TPSA) is 92.9 Å². The third-order valence-corrected chi connectivity index (χ3v) is 3.10. The number of benzene rings is 2. The van der Waals surface area contributed by atoms with Gasteiger partial charge >= 0.3 is 5.97 Å². The number of phenolic OH excluding ortho intramolecular Hbond substituents is 1. The lowest BCUT2D eigenvalue weighted by Gasteiger charge is -2.17. The first-order valence-electron chi connectivity index (χ1n) is 6.56. The van der Waals surface area contributed by atoms with E-state index in [9.17, 15) is 14.7 Å². The number of amides is 1. The number of hydrogen-bond acceptors (Lipinski definition) is 5. The summed E-state index contributed by atoms with van der Waals surface area (Å²) >= 11 is 0. The number of aromatic hydroxyl groups is 1. The highest BCUT2D eigenvalue weighted by atomic mass is 16.5. The zero-order valence-electron chi connectivity index (χ0n) is 12.0. The molecule has 0 atom stereocenters. The molecule has 0 unspecified atom stereocenters. The number of anilines is 2. The monoisotopic (exact) mass is 300 g/mol. The van der Waals surface area contributed by atoms with E-state index >= 15 is 0 Å². The first-order chi connectivity index (χ1) is 10.5. The van der Waals surface area contributed by atoms with Gasteiger partial charge < -0.3 is 20.5 Å². The average molecular weight is 300 g/mol. The minimum Gasteiger partial charge on any atom is -0.508 e. The van der Waals surface area contributed by atoms with Crippen LogP contribution in [0.1, 0.15) is 10.4 Å². The summed E-state index contributed by atoms with van der Waals surface area (Å²) in [5.74, 6) is -1.24. The van der Waals surface area contributed by atoms with Gasteiger partial charge in [0.15, 0.2) is 6.61 Å². The second-order valence-electron chi connectivity index (χ2n) is 4.64. The van der Waals surface area contributed by atoms with Crippen molar-refractivity contribution < 1.29 is 19.4 Å². The van der Waals surface area contributed by atoms with Crippen LogP contribution in [0.25, 0.3) is 0 Å². The van der Waals surface area contributed by atoms with Gasteiger partial charge in [-0.25, -0.2) is 4.79 Å². The van der Waals surface area contributed by atoms with Gasteiger partial charge in [0, 0.05) is 18.4 Å². The van der Waals surface area contributed by atoms with Crippen molar-refractivity contribution in [3.63, 3.8) is 0 Å². The first kappa shape index (κ1) is 15.4. The van der Waals surface area contributed by atoms with E-state index in [1.54, 1.807) is 31.3 Å². The summed E-state index contributed by atoms with van der Waals surface area (Å²) in [6, 6.07) is 12.9. The fourth-order valence-corrected chi connectivity index (χ4v) is 1.82. The predicted molar refractivity (Wildman–Crippen MR) is 82.7 cm³/mol. The Morgan fingerprint density at radius 3 is 2.55 bits per heavy atom. The Labute approximate surface area is 127 Å². The quantitative estimate of drug-likeness (QED) is 0.510. The number of rotatable bonds is 4. The molecule has 2 aromatic carbocycles. The standard InChI is InChI=1S/C16H16N2O4/c1-18(11-5-3-2-4-6-11)15(20)10-22-16(21)13-9-12(19)7-8-14(13)17/h2-9,19H,10,17H2,1H3. The molecule has 0 fully saturated rings. The molecule has 114 valence electrons. The summed E-state index contributed by atoms with van der Waals surface area (Å²) < 4.78 is 4.95. The summed E-state index contributed by atoms with van der Waals surface area (Å²) in [7, 11) is 1.59. The summed E-state index contributed by atoms with van der Waals surface area (Å²) in [5.41, 5.74) is 6.53. The van der Waals surface area contributed by atoms with Crippen LogP contribution in [0.15, 0.2) is 48.5 Å². The Balaban J connectivity index is 1.99. The smallest absolute Gasteiger partial charge is 0.340 e. The average Bonchev–Trinajstić information content (AvgIpc) is 2.54. The molecule has 0 saturated carbocycles. The number of nitrogens with zero attached hydrogens (tertiary/aromatic N) is 1. The lowest BCUT2D eigenvalue weighted by atomic mass is 10.2. The van der Waals surface area contributed by atoms with Crippen molar-refractivity contribution in [3.8, 4) is 5.75 Å². The van der Waals surface area contributed by atoms with Crippen LogP contribution in [0, 0.1) is 0 Å². The first-order valence-corrected chi connectivity index (χ1v) is 6.56. The number of phenols is 1. The van der Waals surface area contributed by atoms with Gasteiger partial charge in [-0.05, 0) is 30.3 Å². The molecule has 0 heterocycles. The number of carbonyl (C=O) groups excluding carboxylic acids is 2. The van der Waals surface area contributed by atoms with Crippen LogP contribution >= 0.6 is 0 Å². The summed E-state index contributed by atoms with van der Waals surface area (Å²) in [6.45, 7) is -0.417. The molecule has 6 nitrogen and oxygen atoms in total. The van der Waals surface area contributed by atoms with Crippen molar-refractivity contribution in [2.75, 3.05) is 24.3 Å². The maximum atomic E-state index is 12.0. The number of hydrogen-bond donors (Lipinski definition) is 2. The van der Waals surface area contributed by atoms with E-state index in [1.807, 2.05) is 6.07 Å². The van der Waals surface area contributed by atoms with Crippen LogP contribution in [-0.4, -0.2) is 30.6 Å². The van der Waals surface area contributed by atoms with Gasteiger partial charge in [0.05, 0.1) is 5.56 Å². The van der Waals surface area contributed by atoms with Crippen molar-refractivity contribution in [3.05, 3.63) is 54.1 Å². The van der Waals surface area contributed by atoms with Crippen LogP contribution in [-0.2, 0) is 9.53 Å². The van der Waals surface area contributed by atoms with Crippen molar-refractivity contribution >= 4 is 23.3 Å². The fourth-order valence-electron chi connectivity index (χ4n) is 1.82. The molecule has 0 saturated heterocycles. The van der Waals surface area contributed by atoms with E-state index in [4.69, 9.17) is 10.5 Å². The molecule has 0 aliphatic carbocycles. The molecule has 0 spiro atoms. The van der Waals surface area contributed by atoms with Gasteiger partial charge in [-0.15, -0.1) is 0 Å². The van der Waals surface area contributed by atoms with Gasteiger partial charge in [-0.2, -0.15) is 0 Å². The lowest BCUT2D eigenvalue weighted by molar-refractivity contribution is -0.121. The van der Waals surface area contributed by atoms with Crippen LogP contribution in [0.4, 0.5) is 11.4 Å². The molecule has 1 amide bonds. The molecule has 22 heavy (non-hydrogen) atoms. The highest BCUT2D eigenvalue weighted by molar-refractivity contribution is 5.99. The van der Waals surface area contributed by atoms with Crippen LogP contribution in [0.5, 0.6) is 5.75 Å². The molecule has 0 aromatic heterocycles. The fraction of sp³-hybridized carbons (Fsp3) is 0.125. The highest BCUT2D eigenvalue weighted by Gasteiger charge is 2.16. The van der Waals surface area contributed by atoms with E-state index < -0.39 is 12.6 Å². The maximum absolute atomic E-state index is 12.0. The van der Waals surface area contributed by atoms with Gasteiger partial charge in [0.1, 0.15) is 5.75 Å². The molecule has 3 N–H and O–H groups in total. The number of esters is 1. The van der Waals surface area contributed by atoms with Gasteiger partial charge in [0.2, 0.25) is 0 Å². The molecule has 6 heteroatoms. The molecule has 0 aliphatic rings. The third-order valence-electron chi connectivity index (χ3n) is 3.10. The van der Waals surface area contributed by atoms with Crippen LogP contribution < -0.4 is 10.6 Å². The third kappa shape index (κ3) is 3.54. The summed E-state index contributed by atoms with van der Waals surface area (Å²) in [5, 5.41) is 9.36. The Kier molecular flexibility index (Phi) is 4.63. The van der Waals surface area contributed by atoms with E-state index in [0.29, 0.717) is 5.69 Å². The predicted octanol–water partition coefficient (Wildman–Crippen LogP) is 1.79. The number of ether oxygens (including phenoxy) is 1. The van der Waals surface area contributed by atoms with Crippen molar-refractivity contribution in [2.24, 2.45) is 0 Å². The molecule has 2 rings (SSSR count). The summed E-state index contributed by atoms with van der Waals surface area (Å²) in [6.07, 6.45) is 0. The SMILES string of the molecule is CN(C(=O)COC(=O)c1cc(O)ccc1N)c1ccccc1. The summed E-state index contributed by atoms with van der Waals surface area (Å²) in [4.78, 5) is 25.3. The molecule has 0 bridgehead atoms. The minimum atomic E-state index is -0.761. The number of carbonyl (C=O) groups is 2. The normalized spacial score (nSPS) is 10.0. The van der Waals surface area contributed by atoms with Crippen molar-refractivity contribution in [1.82, 2.24) is 0 Å². The molecule has 2 aromatic rings. The molecular formula is C16H16N2O4. The van der Waals surface area contributed by atoms with Gasteiger partial charge in [0.25, 0.3) is 5.91 Å². The lowest BCUT2D eigenvalue weighted by Crippen LogP contribution is -2.31. The van der Waals surface area contributed by atoms with Crippen LogP contribution in [0.2, 0.25) is 0 Å². The van der Waals surface area contributed by atoms with Gasteiger partial charge in [-0.1, -0.05) is 18.2 Å². The largest absolute Gasteiger partial charge is 0.508 e. The highest BCUT2D eigenvalue weighted by Crippen LogP contribution is 2.19. The Morgan fingerprint density at radius 1 is 1.18 bits per heavy atom.